The molecule has 2 heterocycles. The average molecular weight is 464 g/mol. The molecule has 0 bridgehead atoms. The Hall–Kier alpha value is -2.46. The topological polar surface area (TPSA) is 48.1 Å². The molecule has 1 aliphatic carbocycles. The van der Waals surface area contributed by atoms with E-state index < -0.39 is 0 Å². The van der Waals surface area contributed by atoms with Gasteiger partial charge in [0.15, 0.2) is 0 Å². The summed E-state index contributed by atoms with van der Waals surface area (Å²) in [6.07, 6.45) is 6.79. The Balaban J connectivity index is 1.27. The number of nitrogens with zero attached hydrogens (tertiary/aromatic N) is 1. The number of benzene rings is 2. The number of carbonyl (C=O) groups is 1. The van der Waals surface area contributed by atoms with Gasteiger partial charge in [0.25, 0.3) is 5.91 Å². The SMILES string of the molecule is CCc1c(C(=O)NCCc2ccc(N3CCC(C)CC3)cc2C2CC2)[nH]c2ccc(Cl)cc12. The summed E-state index contributed by atoms with van der Waals surface area (Å²) in [7, 11) is 0. The van der Waals surface area contributed by atoms with Crippen LogP contribution >= 0.6 is 11.6 Å². The first-order chi connectivity index (χ1) is 16.0. The number of fused-ring (bicyclic) bond motifs is 1. The highest BCUT2D eigenvalue weighted by molar-refractivity contribution is 6.31. The Labute approximate surface area is 201 Å². The van der Waals surface area contributed by atoms with E-state index in [-0.39, 0.29) is 5.91 Å². The summed E-state index contributed by atoms with van der Waals surface area (Å²) >= 11 is 6.18. The van der Waals surface area contributed by atoms with Gasteiger partial charge in [0.1, 0.15) is 5.69 Å². The Morgan fingerprint density at radius 1 is 1.12 bits per heavy atom. The van der Waals surface area contributed by atoms with E-state index in [0.29, 0.717) is 23.2 Å². The molecule has 1 saturated carbocycles. The lowest BCUT2D eigenvalue weighted by atomic mass is 9.96. The molecule has 5 heteroatoms. The third-order valence-corrected chi connectivity index (χ3v) is 7.66. The van der Waals surface area contributed by atoms with Crippen molar-refractivity contribution >= 4 is 34.1 Å². The van der Waals surface area contributed by atoms with Crippen molar-refractivity contribution in [2.75, 3.05) is 24.5 Å². The van der Waals surface area contributed by atoms with E-state index in [9.17, 15) is 4.79 Å². The van der Waals surface area contributed by atoms with E-state index in [1.54, 1.807) is 0 Å². The van der Waals surface area contributed by atoms with Crippen LogP contribution in [-0.2, 0) is 12.8 Å². The van der Waals surface area contributed by atoms with Crippen LogP contribution < -0.4 is 10.2 Å². The minimum atomic E-state index is -0.0359. The number of H-pyrrole nitrogens is 1. The number of hydrogen-bond acceptors (Lipinski definition) is 2. The van der Waals surface area contributed by atoms with Crippen LogP contribution in [0.4, 0.5) is 5.69 Å². The van der Waals surface area contributed by atoms with Crippen molar-refractivity contribution < 1.29 is 4.79 Å². The van der Waals surface area contributed by atoms with Crippen LogP contribution in [0.2, 0.25) is 5.02 Å². The van der Waals surface area contributed by atoms with Crippen LogP contribution in [0.25, 0.3) is 10.9 Å². The van der Waals surface area contributed by atoms with Crippen molar-refractivity contribution in [1.82, 2.24) is 10.3 Å². The van der Waals surface area contributed by atoms with Crippen molar-refractivity contribution in [2.24, 2.45) is 5.92 Å². The van der Waals surface area contributed by atoms with E-state index in [1.165, 1.54) is 42.5 Å². The summed E-state index contributed by atoms with van der Waals surface area (Å²) in [4.78, 5) is 18.9. The fraction of sp³-hybridized carbons (Fsp3) is 0.464. The largest absolute Gasteiger partial charge is 0.372 e. The van der Waals surface area contributed by atoms with Crippen LogP contribution in [-0.4, -0.2) is 30.5 Å². The molecule has 2 aromatic carbocycles. The minimum Gasteiger partial charge on any atom is -0.372 e. The highest BCUT2D eigenvalue weighted by Crippen LogP contribution is 2.43. The molecule has 5 rings (SSSR count). The smallest absolute Gasteiger partial charge is 0.268 e. The lowest BCUT2D eigenvalue weighted by Crippen LogP contribution is -2.32. The number of aryl methyl sites for hydroxylation is 1. The molecule has 2 aliphatic rings. The van der Waals surface area contributed by atoms with E-state index in [4.69, 9.17) is 11.6 Å². The Morgan fingerprint density at radius 2 is 1.91 bits per heavy atom. The highest BCUT2D eigenvalue weighted by atomic mass is 35.5. The van der Waals surface area contributed by atoms with Gasteiger partial charge in [0.2, 0.25) is 0 Å². The summed E-state index contributed by atoms with van der Waals surface area (Å²) in [6, 6.07) is 12.8. The van der Waals surface area contributed by atoms with Crippen LogP contribution in [0.3, 0.4) is 0 Å². The molecule has 1 amide bonds. The lowest BCUT2D eigenvalue weighted by Gasteiger charge is -2.32. The molecule has 2 fully saturated rings. The van der Waals surface area contributed by atoms with Gasteiger partial charge < -0.3 is 15.2 Å². The monoisotopic (exact) mass is 463 g/mol. The molecule has 0 unspecified atom stereocenters. The number of nitrogens with one attached hydrogen (secondary N) is 2. The fourth-order valence-electron chi connectivity index (χ4n) is 5.23. The van der Waals surface area contributed by atoms with Gasteiger partial charge in [-0.15, -0.1) is 0 Å². The first-order valence-electron chi connectivity index (χ1n) is 12.5. The van der Waals surface area contributed by atoms with Crippen LogP contribution in [0.5, 0.6) is 0 Å². The van der Waals surface area contributed by atoms with E-state index in [2.05, 4.69) is 47.2 Å². The van der Waals surface area contributed by atoms with Gasteiger partial charge in [-0.1, -0.05) is 31.5 Å². The van der Waals surface area contributed by atoms with Crippen LogP contribution in [0, 0.1) is 5.92 Å². The zero-order valence-electron chi connectivity index (χ0n) is 19.7. The number of aromatic nitrogens is 1. The van der Waals surface area contributed by atoms with Gasteiger partial charge in [0.05, 0.1) is 0 Å². The quantitative estimate of drug-likeness (QED) is 0.421. The molecule has 1 saturated heterocycles. The highest BCUT2D eigenvalue weighted by Gasteiger charge is 2.27. The van der Waals surface area contributed by atoms with Crippen molar-refractivity contribution in [3.63, 3.8) is 0 Å². The molecule has 0 atom stereocenters. The molecule has 1 aromatic heterocycles. The Morgan fingerprint density at radius 3 is 2.64 bits per heavy atom. The summed E-state index contributed by atoms with van der Waals surface area (Å²) < 4.78 is 0. The molecule has 1 aliphatic heterocycles. The number of rotatable bonds is 7. The summed E-state index contributed by atoms with van der Waals surface area (Å²) in [6.45, 7) is 7.40. The van der Waals surface area contributed by atoms with Gasteiger partial charge in [0, 0.05) is 41.2 Å². The van der Waals surface area contributed by atoms with E-state index in [1.807, 2.05) is 18.2 Å². The van der Waals surface area contributed by atoms with Crippen molar-refractivity contribution in [2.45, 2.75) is 58.3 Å². The van der Waals surface area contributed by atoms with Gasteiger partial charge in [-0.25, -0.2) is 0 Å². The molecule has 0 spiro atoms. The van der Waals surface area contributed by atoms with Crippen LogP contribution in [0.1, 0.15) is 72.6 Å². The predicted octanol–water partition coefficient (Wildman–Crippen LogP) is 6.47. The fourth-order valence-corrected chi connectivity index (χ4v) is 5.40. The number of hydrogen-bond donors (Lipinski definition) is 2. The second-order valence-corrected chi connectivity index (χ2v) is 10.3. The number of carbonyl (C=O) groups excluding carboxylic acids is 1. The predicted molar refractivity (Wildman–Crippen MR) is 138 cm³/mol. The molecule has 3 aromatic rings. The number of piperidine rings is 1. The number of aromatic amines is 1. The van der Waals surface area contributed by atoms with Gasteiger partial charge in [-0.2, -0.15) is 0 Å². The van der Waals surface area contributed by atoms with Crippen LogP contribution in [0.15, 0.2) is 36.4 Å². The lowest BCUT2D eigenvalue weighted by molar-refractivity contribution is 0.0949. The molecule has 4 nitrogen and oxygen atoms in total. The number of anilines is 1. The minimum absolute atomic E-state index is 0.0359. The third-order valence-electron chi connectivity index (χ3n) is 7.42. The van der Waals surface area contributed by atoms with Gasteiger partial charge >= 0.3 is 0 Å². The van der Waals surface area contributed by atoms with Crippen molar-refractivity contribution in [3.05, 3.63) is 63.8 Å². The summed E-state index contributed by atoms with van der Waals surface area (Å²) in [5.41, 5.74) is 6.90. The van der Waals surface area contributed by atoms with Gasteiger partial charge in [-0.05, 0) is 97.4 Å². The standard InChI is InChI=1S/C28H34ClN3O/c1-3-23-25-16-21(29)7-9-26(25)31-27(23)28(33)30-13-10-20-6-8-22(17-24(20)19-4-5-19)32-14-11-18(2)12-15-32/h6-9,16-19,31H,3-5,10-15H2,1-2H3,(H,30,33). The summed E-state index contributed by atoms with van der Waals surface area (Å²) in [5.74, 6) is 1.50. The van der Waals surface area contributed by atoms with Crippen molar-refractivity contribution in [1.29, 1.82) is 0 Å². The van der Waals surface area contributed by atoms with E-state index in [0.717, 1.165) is 48.3 Å². The number of halogens is 1. The maximum Gasteiger partial charge on any atom is 0.268 e. The zero-order valence-corrected chi connectivity index (χ0v) is 20.5. The summed E-state index contributed by atoms with van der Waals surface area (Å²) in [5, 5.41) is 4.88. The van der Waals surface area contributed by atoms with Crippen molar-refractivity contribution in [3.8, 4) is 0 Å². The maximum absolute atomic E-state index is 13.0. The maximum atomic E-state index is 13.0. The van der Waals surface area contributed by atoms with E-state index >= 15 is 0 Å². The zero-order chi connectivity index (χ0) is 22.9. The number of amides is 1. The molecular formula is C28H34ClN3O. The third kappa shape index (κ3) is 4.77. The first-order valence-corrected chi connectivity index (χ1v) is 12.9. The molecule has 2 N–H and O–H groups in total. The van der Waals surface area contributed by atoms with Gasteiger partial charge in [-0.3, -0.25) is 4.79 Å². The first kappa shape index (κ1) is 22.3. The average Bonchev–Trinajstić information content (AvgIpc) is 3.60. The second kappa shape index (κ2) is 9.42. The Kier molecular flexibility index (Phi) is 6.38. The molecule has 174 valence electrons. The molecule has 33 heavy (non-hydrogen) atoms. The Bertz CT molecular complexity index is 1160. The molecule has 0 radical (unpaired) electrons. The normalized spacial score (nSPS) is 17.0. The molecular weight excluding hydrogens is 430 g/mol. The second-order valence-electron chi connectivity index (χ2n) is 9.85.